The summed E-state index contributed by atoms with van der Waals surface area (Å²) < 4.78 is 10.8. The van der Waals surface area contributed by atoms with Gasteiger partial charge in [0.25, 0.3) is 11.5 Å². The van der Waals surface area contributed by atoms with Crippen LogP contribution in [0.25, 0.3) is 0 Å². The molecule has 7 nitrogen and oxygen atoms in total. The Labute approximate surface area is 141 Å². The van der Waals surface area contributed by atoms with E-state index in [2.05, 4.69) is 9.88 Å². The molecule has 2 fully saturated rings. The molecular weight excluding hydrogens is 310 g/mol. The van der Waals surface area contributed by atoms with Crippen LogP contribution >= 0.6 is 0 Å². The van der Waals surface area contributed by atoms with Crippen LogP contribution in [0.5, 0.6) is 0 Å². The average molecular weight is 335 g/mol. The molecule has 0 radical (unpaired) electrons. The lowest BCUT2D eigenvalue weighted by molar-refractivity contribution is 0.0140. The van der Waals surface area contributed by atoms with Gasteiger partial charge in [-0.05, 0) is 25.0 Å². The molecule has 132 valence electrons. The second-order valence-electron chi connectivity index (χ2n) is 6.21. The highest BCUT2D eigenvalue weighted by Crippen LogP contribution is 2.17. The Kier molecular flexibility index (Phi) is 6.01. The Morgan fingerprint density at radius 3 is 2.62 bits per heavy atom. The van der Waals surface area contributed by atoms with E-state index in [-0.39, 0.29) is 23.1 Å². The van der Waals surface area contributed by atoms with Gasteiger partial charge in [0.2, 0.25) is 0 Å². The standard InChI is InChI=1S/C17H25N3O4/c21-16-15(2-1-5-18-16)17(22)20(14-3-10-23-11-4-14)7-6-19-8-12-24-13-9-19/h1-2,5,14H,3-4,6-13H2,(H,18,21). The molecule has 7 heteroatoms. The van der Waals surface area contributed by atoms with Crippen molar-refractivity contribution in [3.8, 4) is 0 Å². The summed E-state index contributed by atoms with van der Waals surface area (Å²) in [5.41, 5.74) is -0.114. The van der Waals surface area contributed by atoms with E-state index in [4.69, 9.17) is 9.47 Å². The molecule has 0 bridgehead atoms. The topological polar surface area (TPSA) is 74.9 Å². The third-order valence-corrected chi connectivity index (χ3v) is 4.70. The van der Waals surface area contributed by atoms with E-state index in [1.54, 1.807) is 18.3 Å². The lowest BCUT2D eigenvalue weighted by Gasteiger charge is -2.36. The molecule has 0 spiro atoms. The number of rotatable bonds is 5. The van der Waals surface area contributed by atoms with Gasteiger partial charge in [-0.25, -0.2) is 0 Å². The first-order valence-corrected chi connectivity index (χ1v) is 8.62. The molecule has 0 saturated carbocycles. The second-order valence-corrected chi connectivity index (χ2v) is 6.21. The number of ether oxygens (including phenoxy) is 2. The van der Waals surface area contributed by atoms with Gasteiger partial charge in [-0.2, -0.15) is 0 Å². The van der Waals surface area contributed by atoms with Crippen molar-refractivity contribution in [3.63, 3.8) is 0 Å². The van der Waals surface area contributed by atoms with Gasteiger partial charge in [0.1, 0.15) is 5.56 Å². The molecule has 0 atom stereocenters. The molecule has 2 aliphatic rings. The lowest BCUT2D eigenvalue weighted by atomic mass is 10.1. The predicted octanol–water partition coefficient (Wildman–Crippen LogP) is 0.328. The van der Waals surface area contributed by atoms with Gasteiger partial charge in [-0.3, -0.25) is 14.5 Å². The molecule has 2 aliphatic heterocycles. The number of pyridine rings is 1. The number of hydrogen-bond donors (Lipinski definition) is 1. The van der Waals surface area contributed by atoms with Crippen molar-refractivity contribution in [1.82, 2.24) is 14.8 Å². The first kappa shape index (κ1) is 17.1. The monoisotopic (exact) mass is 335 g/mol. The summed E-state index contributed by atoms with van der Waals surface area (Å²) >= 11 is 0. The summed E-state index contributed by atoms with van der Waals surface area (Å²) in [5.74, 6) is -0.183. The first-order valence-electron chi connectivity index (χ1n) is 8.62. The van der Waals surface area contributed by atoms with Crippen LogP contribution in [0.3, 0.4) is 0 Å². The zero-order valence-corrected chi connectivity index (χ0v) is 13.9. The van der Waals surface area contributed by atoms with E-state index in [1.165, 1.54) is 0 Å². The van der Waals surface area contributed by atoms with Crippen LogP contribution in [0.1, 0.15) is 23.2 Å². The van der Waals surface area contributed by atoms with Crippen molar-refractivity contribution >= 4 is 5.91 Å². The molecule has 1 aromatic heterocycles. The molecule has 0 aromatic carbocycles. The highest BCUT2D eigenvalue weighted by Gasteiger charge is 2.28. The number of aromatic amines is 1. The predicted molar refractivity (Wildman–Crippen MR) is 89.2 cm³/mol. The third-order valence-electron chi connectivity index (χ3n) is 4.70. The van der Waals surface area contributed by atoms with Crippen LogP contribution < -0.4 is 5.56 Å². The van der Waals surface area contributed by atoms with Crippen LogP contribution in [0.4, 0.5) is 0 Å². The van der Waals surface area contributed by atoms with Gasteiger partial charge in [-0.1, -0.05) is 0 Å². The summed E-state index contributed by atoms with van der Waals surface area (Å²) in [6.07, 6.45) is 3.19. The van der Waals surface area contributed by atoms with E-state index < -0.39 is 0 Å². The fraction of sp³-hybridized carbons (Fsp3) is 0.647. The Morgan fingerprint density at radius 2 is 1.92 bits per heavy atom. The minimum absolute atomic E-state index is 0.131. The summed E-state index contributed by atoms with van der Waals surface area (Å²) in [6, 6.07) is 3.42. The van der Waals surface area contributed by atoms with Crippen LogP contribution in [0.2, 0.25) is 0 Å². The van der Waals surface area contributed by atoms with Gasteiger partial charge >= 0.3 is 0 Å². The van der Waals surface area contributed by atoms with E-state index in [0.717, 1.165) is 45.7 Å². The third kappa shape index (κ3) is 4.23. The first-order chi connectivity index (χ1) is 11.8. The van der Waals surface area contributed by atoms with Gasteiger partial charge in [-0.15, -0.1) is 0 Å². The number of morpholine rings is 1. The molecule has 24 heavy (non-hydrogen) atoms. The van der Waals surface area contributed by atoms with Crippen LogP contribution in [-0.4, -0.2) is 79.3 Å². The Hall–Kier alpha value is -1.70. The molecule has 2 saturated heterocycles. The summed E-state index contributed by atoms with van der Waals surface area (Å²) in [5, 5.41) is 0. The number of carbonyl (C=O) groups excluding carboxylic acids is 1. The summed E-state index contributed by atoms with van der Waals surface area (Å²) in [6.45, 7) is 6.01. The van der Waals surface area contributed by atoms with Crippen molar-refractivity contribution in [2.75, 3.05) is 52.6 Å². The molecule has 1 amide bonds. The van der Waals surface area contributed by atoms with E-state index in [1.807, 2.05) is 4.90 Å². The van der Waals surface area contributed by atoms with Crippen LogP contribution in [-0.2, 0) is 9.47 Å². The smallest absolute Gasteiger partial charge is 0.260 e. The maximum atomic E-state index is 13.0. The van der Waals surface area contributed by atoms with E-state index >= 15 is 0 Å². The number of hydrogen-bond acceptors (Lipinski definition) is 5. The maximum Gasteiger partial charge on any atom is 0.260 e. The number of nitrogens with one attached hydrogen (secondary N) is 1. The Morgan fingerprint density at radius 1 is 1.21 bits per heavy atom. The van der Waals surface area contributed by atoms with Crippen molar-refractivity contribution in [2.24, 2.45) is 0 Å². The Bertz CT molecular complexity index is 591. The van der Waals surface area contributed by atoms with E-state index in [9.17, 15) is 9.59 Å². The zero-order valence-electron chi connectivity index (χ0n) is 13.9. The largest absolute Gasteiger partial charge is 0.381 e. The normalized spacial score (nSPS) is 20.0. The van der Waals surface area contributed by atoms with Crippen molar-refractivity contribution in [1.29, 1.82) is 0 Å². The minimum Gasteiger partial charge on any atom is -0.381 e. The number of aromatic nitrogens is 1. The fourth-order valence-corrected chi connectivity index (χ4v) is 3.27. The fourth-order valence-electron chi connectivity index (χ4n) is 3.27. The molecule has 0 aliphatic carbocycles. The zero-order chi connectivity index (χ0) is 16.8. The molecular formula is C17H25N3O4. The van der Waals surface area contributed by atoms with Crippen molar-refractivity contribution in [2.45, 2.75) is 18.9 Å². The number of carbonyl (C=O) groups is 1. The molecule has 3 heterocycles. The van der Waals surface area contributed by atoms with Crippen LogP contribution in [0.15, 0.2) is 23.1 Å². The van der Waals surface area contributed by atoms with Crippen molar-refractivity contribution in [3.05, 3.63) is 34.2 Å². The number of amides is 1. The molecule has 1 N–H and O–H groups in total. The molecule has 3 rings (SSSR count). The van der Waals surface area contributed by atoms with Gasteiger partial charge < -0.3 is 19.4 Å². The van der Waals surface area contributed by atoms with Gasteiger partial charge in [0.15, 0.2) is 0 Å². The SMILES string of the molecule is O=C(c1ccc[nH]c1=O)N(CCN1CCOCC1)C1CCOCC1. The molecule has 0 unspecified atom stereocenters. The van der Waals surface area contributed by atoms with Gasteiger partial charge in [0, 0.05) is 51.6 Å². The Balaban J connectivity index is 1.72. The van der Waals surface area contributed by atoms with Crippen LogP contribution in [0, 0.1) is 0 Å². The number of nitrogens with zero attached hydrogens (tertiary/aromatic N) is 2. The average Bonchev–Trinajstić information content (AvgIpc) is 2.64. The van der Waals surface area contributed by atoms with Crippen molar-refractivity contribution < 1.29 is 14.3 Å². The lowest BCUT2D eigenvalue weighted by Crippen LogP contribution is -2.49. The summed E-state index contributed by atoms with van der Waals surface area (Å²) in [4.78, 5) is 31.7. The minimum atomic E-state index is -0.328. The summed E-state index contributed by atoms with van der Waals surface area (Å²) in [7, 11) is 0. The highest BCUT2D eigenvalue weighted by molar-refractivity contribution is 5.94. The van der Waals surface area contributed by atoms with Gasteiger partial charge in [0.05, 0.1) is 13.2 Å². The highest BCUT2D eigenvalue weighted by atomic mass is 16.5. The quantitative estimate of drug-likeness (QED) is 0.839. The van der Waals surface area contributed by atoms with E-state index in [0.29, 0.717) is 19.8 Å². The maximum absolute atomic E-state index is 13.0. The number of H-pyrrole nitrogens is 1. The second kappa shape index (κ2) is 8.41. The molecule has 1 aromatic rings.